The van der Waals surface area contributed by atoms with Gasteiger partial charge in [0, 0.05) is 37.3 Å². The van der Waals surface area contributed by atoms with Gasteiger partial charge in [0.15, 0.2) is 11.5 Å². The molecule has 0 unspecified atom stereocenters. The second-order valence-corrected chi connectivity index (χ2v) is 5.96. The Balaban J connectivity index is 1.76. The lowest BCUT2D eigenvalue weighted by Gasteiger charge is -2.39. The third-order valence-corrected chi connectivity index (χ3v) is 3.69. The van der Waals surface area contributed by atoms with Gasteiger partial charge >= 0.3 is 0 Å². The Labute approximate surface area is 114 Å². The molecule has 1 aromatic rings. The van der Waals surface area contributed by atoms with E-state index in [-0.39, 0.29) is 5.54 Å². The first-order valence-corrected chi connectivity index (χ1v) is 6.99. The van der Waals surface area contributed by atoms with Crippen molar-refractivity contribution in [3.05, 3.63) is 23.8 Å². The molecule has 19 heavy (non-hydrogen) atoms. The molecule has 0 radical (unpaired) electrons. The maximum Gasteiger partial charge on any atom is 0.165 e. The lowest BCUT2D eigenvalue weighted by Crippen LogP contribution is -2.56. The van der Waals surface area contributed by atoms with E-state index < -0.39 is 0 Å². The minimum Gasteiger partial charge on any atom is -0.486 e. The SMILES string of the molecule is CC1(C)CN(Cc2cccc3c2OCCO3)CCN1. The molecule has 1 fully saturated rings. The Morgan fingerprint density at radius 1 is 1.26 bits per heavy atom. The van der Waals surface area contributed by atoms with Crippen LogP contribution >= 0.6 is 0 Å². The Bertz CT molecular complexity index is 459. The highest BCUT2D eigenvalue weighted by Gasteiger charge is 2.26. The summed E-state index contributed by atoms with van der Waals surface area (Å²) in [6, 6.07) is 6.18. The van der Waals surface area contributed by atoms with Gasteiger partial charge in [-0.05, 0) is 19.9 Å². The molecule has 0 saturated carbocycles. The van der Waals surface area contributed by atoms with Crippen molar-refractivity contribution in [2.24, 2.45) is 0 Å². The Hall–Kier alpha value is -1.26. The van der Waals surface area contributed by atoms with Crippen LogP contribution in [0, 0.1) is 0 Å². The van der Waals surface area contributed by atoms with Crippen molar-refractivity contribution in [3.63, 3.8) is 0 Å². The standard InChI is InChI=1S/C15H22N2O2/c1-15(2)11-17(7-6-16-15)10-12-4-3-5-13-14(12)19-9-8-18-13/h3-5,16H,6-11H2,1-2H3. The first-order valence-electron chi connectivity index (χ1n) is 6.99. The van der Waals surface area contributed by atoms with E-state index in [0.29, 0.717) is 13.2 Å². The molecule has 0 spiro atoms. The quantitative estimate of drug-likeness (QED) is 0.878. The number of nitrogens with zero attached hydrogens (tertiary/aromatic N) is 1. The summed E-state index contributed by atoms with van der Waals surface area (Å²) in [5.41, 5.74) is 1.42. The molecule has 0 aromatic heterocycles. The molecule has 4 heteroatoms. The van der Waals surface area contributed by atoms with Crippen LogP contribution in [0.3, 0.4) is 0 Å². The van der Waals surface area contributed by atoms with Crippen LogP contribution in [0.1, 0.15) is 19.4 Å². The largest absolute Gasteiger partial charge is 0.486 e. The van der Waals surface area contributed by atoms with Crippen LogP contribution < -0.4 is 14.8 Å². The van der Waals surface area contributed by atoms with Gasteiger partial charge in [0.1, 0.15) is 13.2 Å². The van der Waals surface area contributed by atoms with Crippen LogP contribution in [0.5, 0.6) is 11.5 Å². The summed E-state index contributed by atoms with van der Waals surface area (Å²) in [4.78, 5) is 2.48. The zero-order chi connectivity index (χ0) is 13.3. The van der Waals surface area contributed by atoms with E-state index in [0.717, 1.165) is 37.7 Å². The molecule has 0 bridgehead atoms. The molecule has 4 nitrogen and oxygen atoms in total. The molecule has 2 heterocycles. The highest BCUT2D eigenvalue weighted by atomic mass is 16.6. The molecule has 2 aliphatic heterocycles. The fourth-order valence-corrected chi connectivity index (χ4v) is 2.88. The Morgan fingerprint density at radius 2 is 2.11 bits per heavy atom. The summed E-state index contributed by atoms with van der Waals surface area (Å²) in [5, 5.41) is 3.54. The van der Waals surface area contributed by atoms with E-state index in [1.807, 2.05) is 6.07 Å². The number of para-hydroxylation sites is 1. The molecule has 0 amide bonds. The minimum absolute atomic E-state index is 0.185. The van der Waals surface area contributed by atoms with Crippen molar-refractivity contribution in [1.29, 1.82) is 0 Å². The van der Waals surface area contributed by atoms with Crippen molar-refractivity contribution in [2.45, 2.75) is 25.9 Å². The van der Waals surface area contributed by atoms with Gasteiger partial charge in [-0.3, -0.25) is 4.90 Å². The number of hydrogen-bond acceptors (Lipinski definition) is 4. The highest BCUT2D eigenvalue weighted by Crippen LogP contribution is 2.34. The van der Waals surface area contributed by atoms with E-state index in [9.17, 15) is 0 Å². The topological polar surface area (TPSA) is 33.7 Å². The second-order valence-electron chi connectivity index (χ2n) is 5.96. The highest BCUT2D eigenvalue weighted by molar-refractivity contribution is 5.47. The van der Waals surface area contributed by atoms with E-state index in [2.05, 4.69) is 36.2 Å². The molecule has 0 atom stereocenters. The molecular formula is C15H22N2O2. The predicted octanol–water partition coefficient (Wildman–Crippen LogP) is 1.64. The van der Waals surface area contributed by atoms with E-state index >= 15 is 0 Å². The van der Waals surface area contributed by atoms with Crippen molar-refractivity contribution in [3.8, 4) is 11.5 Å². The summed E-state index contributed by atoms with van der Waals surface area (Å²) in [7, 11) is 0. The van der Waals surface area contributed by atoms with Crippen molar-refractivity contribution in [2.75, 3.05) is 32.8 Å². The molecule has 2 aliphatic rings. The van der Waals surface area contributed by atoms with Gasteiger partial charge in [-0.15, -0.1) is 0 Å². The van der Waals surface area contributed by atoms with Crippen LogP contribution in [0.4, 0.5) is 0 Å². The first-order chi connectivity index (χ1) is 9.14. The number of benzene rings is 1. The van der Waals surface area contributed by atoms with Crippen LogP contribution in [0.15, 0.2) is 18.2 Å². The van der Waals surface area contributed by atoms with Crippen molar-refractivity contribution < 1.29 is 9.47 Å². The molecule has 3 rings (SSSR count). The van der Waals surface area contributed by atoms with Gasteiger partial charge in [-0.1, -0.05) is 12.1 Å². The normalized spacial score (nSPS) is 22.2. The lowest BCUT2D eigenvalue weighted by molar-refractivity contribution is 0.140. The van der Waals surface area contributed by atoms with Gasteiger partial charge in [0.2, 0.25) is 0 Å². The maximum absolute atomic E-state index is 5.78. The van der Waals surface area contributed by atoms with E-state index in [4.69, 9.17) is 9.47 Å². The van der Waals surface area contributed by atoms with E-state index in [1.165, 1.54) is 5.56 Å². The maximum atomic E-state index is 5.78. The number of rotatable bonds is 2. The molecule has 1 N–H and O–H groups in total. The number of piperazine rings is 1. The van der Waals surface area contributed by atoms with Crippen molar-refractivity contribution in [1.82, 2.24) is 10.2 Å². The predicted molar refractivity (Wildman–Crippen MR) is 74.8 cm³/mol. The van der Waals surface area contributed by atoms with Gasteiger partial charge in [-0.25, -0.2) is 0 Å². The summed E-state index contributed by atoms with van der Waals surface area (Å²) in [5.74, 6) is 1.82. The van der Waals surface area contributed by atoms with Crippen LogP contribution in [0.2, 0.25) is 0 Å². The fraction of sp³-hybridized carbons (Fsp3) is 0.600. The minimum atomic E-state index is 0.185. The third-order valence-electron chi connectivity index (χ3n) is 3.69. The molecule has 1 saturated heterocycles. The average Bonchev–Trinajstić information content (AvgIpc) is 2.38. The van der Waals surface area contributed by atoms with Gasteiger partial charge < -0.3 is 14.8 Å². The molecule has 0 aliphatic carbocycles. The van der Waals surface area contributed by atoms with E-state index in [1.54, 1.807) is 0 Å². The van der Waals surface area contributed by atoms with Gasteiger partial charge in [0.25, 0.3) is 0 Å². The summed E-state index contributed by atoms with van der Waals surface area (Å²) < 4.78 is 11.4. The Kier molecular flexibility index (Phi) is 3.37. The molecule has 1 aromatic carbocycles. The smallest absolute Gasteiger partial charge is 0.165 e. The molecular weight excluding hydrogens is 240 g/mol. The number of ether oxygens (including phenoxy) is 2. The summed E-state index contributed by atoms with van der Waals surface area (Å²) in [6.07, 6.45) is 0. The number of fused-ring (bicyclic) bond motifs is 1. The summed E-state index contributed by atoms with van der Waals surface area (Å²) >= 11 is 0. The zero-order valence-corrected chi connectivity index (χ0v) is 11.7. The van der Waals surface area contributed by atoms with Gasteiger partial charge in [0.05, 0.1) is 0 Å². The Morgan fingerprint density at radius 3 is 2.95 bits per heavy atom. The first kappa shape index (κ1) is 12.8. The third kappa shape index (κ3) is 2.85. The average molecular weight is 262 g/mol. The van der Waals surface area contributed by atoms with Crippen LogP contribution in [-0.4, -0.2) is 43.3 Å². The van der Waals surface area contributed by atoms with Crippen LogP contribution in [-0.2, 0) is 6.54 Å². The molecule has 104 valence electrons. The van der Waals surface area contributed by atoms with Crippen LogP contribution in [0.25, 0.3) is 0 Å². The monoisotopic (exact) mass is 262 g/mol. The van der Waals surface area contributed by atoms with Gasteiger partial charge in [-0.2, -0.15) is 0 Å². The second kappa shape index (κ2) is 5.02. The zero-order valence-electron chi connectivity index (χ0n) is 11.7. The number of hydrogen-bond donors (Lipinski definition) is 1. The fourth-order valence-electron chi connectivity index (χ4n) is 2.88. The number of nitrogens with one attached hydrogen (secondary N) is 1. The summed E-state index contributed by atoms with van der Waals surface area (Å²) in [6.45, 7) is 9.90. The lowest BCUT2D eigenvalue weighted by atomic mass is 10.0. The van der Waals surface area contributed by atoms with Crippen molar-refractivity contribution >= 4 is 0 Å².